The van der Waals surface area contributed by atoms with Gasteiger partial charge in [-0.15, -0.1) is 0 Å². The Morgan fingerprint density at radius 3 is 2.67 bits per heavy atom. The molecule has 3 rings (SSSR count). The molecule has 2 fully saturated rings. The molecule has 2 atom stereocenters. The Bertz CT molecular complexity index is 580. The number of benzene rings is 1. The fraction of sp³-hybridized carbons (Fsp3) is 0.579. The van der Waals surface area contributed by atoms with Crippen LogP contribution in [-0.2, 0) is 4.79 Å². The molecule has 0 bridgehead atoms. The van der Waals surface area contributed by atoms with Crippen LogP contribution in [0.3, 0.4) is 0 Å². The van der Waals surface area contributed by atoms with Gasteiger partial charge >= 0.3 is 0 Å². The van der Waals surface area contributed by atoms with Crippen LogP contribution < -0.4 is 11.1 Å². The average Bonchev–Trinajstić information content (AvgIpc) is 2.89. The van der Waals surface area contributed by atoms with E-state index < -0.39 is 0 Å². The van der Waals surface area contributed by atoms with Gasteiger partial charge in [-0.1, -0.05) is 49.6 Å². The zero-order valence-corrected chi connectivity index (χ0v) is 14.4. The third kappa shape index (κ3) is 3.89. The van der Waals surface area contributed by atoms with Gasteiger partial charge in [-0.25, -0.2) is 0 Å². The van der Waals surface area contributed by atoms with E-state index in [1.54, 1.807) is 0 Å². The first-order chi connectivity index (χ1) is 11.6. The van der Waals surface area contributed by atoms with Crippen LogP contribution in [0.2, 0.25) is 0 Å². The summed E-state index contributed by atoms with van der Waals surface area (Å²) < 4.78 is 0. The molecule has 2 unspecified atom stereocenters. The minimum absolute atomic E-state index is 0.0879. The summed E-state index contributed by atoms with van der Waals surface area (Å²) in [6.07, 6.45) is 6.74. The summed E-state index contributed by atoms with van der Waals surface area (Å²) >= 11 is 0. The first kappa shape index (κ1) is 16.8. The highest BCUT2D eigenvalue weighted by atomic mass is 16.2. The zero-order valence-electron chi connectivity index (χ0n) is 14.4. The first-order valence-electron chi connectivity index (χ1n) is 9.02. The number of hydrogen-bond acceptors (Lipinski definition) is 2. The molecule has 1 aliphatic carbocycles. The van der Waals surface area contributed by atoms with E-state index in [0.29, 0.717) is 25.0 Å². The molecule has 1 aromatic carbocycles. The van der Waals surface area contributed by atoms with Gasteiger partial charge in [-0.05, 0) is 18.4 Å². The van der Waals surface area contributed by atoms with Gasteiger partial charge in [0.25, 0.3) is 0 Å². The number of nitrogens with two attached hydrogens (primary N) is 1. The van der Waals surface area contributed by atoms with Crippen molar-refractivity contribution in [3.8, 4) is 0 Å². The van der Waals surface area contributed by atoms with Crippen LogP contribution in [0.1, 0.15) is 50.1 Å². The third-order valence-corrected chi connectivity index (χ3v) is 5.29. The van der Waals surface area contributed by atoms with Crippen LogP contribution in [0.15, 0.2) is 35.3 Å². The fourth-order valence-corrected chi connectivity index (χ4v) is 3.98. The molecule has 130 valence electrons. The van der Waals surface area contributed by atoms with Gasteiger partial charge in [0.15, 0.2) is 5.96 Å². The van der Waals surface area contributed by atoms with Crippen LogP contribution in [-0.4, -0.2) is 36.4 Å². The predicted octanol–water partition coefficient (Wildman–Crippen LogP) is 2.44. The van der Waals surface area contributed by atoms with E-state index in [9.17, 15) is 4.79 Å². The fourth-order valence-electron chi connectivity index (χ4n) is 3.98. The topological polar surface area (TPSA) is 70.7 Å². The Morgan fingerprint density at radius 2 is 1.96 bits per heavy atom. The lowest BCUT2D eigenvalue weighted by Gasteiger charge is -2.25. The van der Waals surface area contributed by atoms with E-state index >= 15 is 0 Å². The molecule has 0 radical (unpaired) electrons. The minimum atomic E-state index is 0.0879. The Kier molecular flexibility index (Phi) is 5.38. The molecular weight excluding hydrogens is 300 g/mol. The quantitative estimate of drug-likeness (QED) is 0.659. The molecule has 5 heteroatoms. The molecule has 1 heterocycles. The van der Waals surface area contributed by atoms with Crippen LogP contribution in [0.25, 0.3) is 0 Å². The third-order valence-electron chi connectivity index (χ3n) is 5.29. The zero-order chi connectivity index (χ0) is 16.9. The second kappa shape index (κ2) is 7.69. The normalized spacial score (nSPS) is 26.0. The number of nitrogens with one attached hydrogen (secondary N) is 1. The Morgan fingerprint density at radius 1 is 1.25 bits per heavy atom. The van der Waals surface area contributed by atoms with Crippen LogP contribution >= 0.6 is 0 Å². The van der Waals surface area contributed by atoms with Gasteiger partial charge in [-0.3, -0.25) is 9.79 Å². The highest BCUT2D eigenvalue weighted by molar-refractivity contribution is 5.80. The number of amides is 1. The molecule has 0 aromatic heterocycles. The minimum Gasteiger partial charge on any atom is -0.370 e. The molecule has 1 aromatic rings. The van der Waals surface area contributed by atoms with E-state index in [-0.39, 0.29) is 17.9 Å². The summed E-state index contributed by atoms with van der Waals surface area (Å²) in [5.41, 5.74) is 7.25. The Hall–Kier alpha value is -2.04. The monoisotopic (exact) mass is 328 g/mol. The second-order valence-corrected chi connectivity index (χ2v) is 7.03. The maximum Gasteiger partial charge on any atom is 0.223 e. The molecule has 1 saturated heterocycles. The molecule has 0 spiro atoms. The first-order valence-corrected chi connectivity index (χ1v) is 9.02. The maximum absolute atomic E-state index is 12.2. The van der Waals surface area contributed by atoms with Crippen molar-refractivity contribution in [1.82, 2.24) is 10.2 Å². The van der Waals surface area contributed by atoms with Gasteiger partial charge in [0.1, 0.15) is 0 Å². The number of rotatable bonds is 4. The van der Waals surface area contributed by atoms with Gasteiger partial charge in [0.2, 0.25) is 5.91 Å². The van der Waals surface area contributed by atoms with E-state index in [4.69, 9.17) is 5.73 Å². The molecular formula is C19H28N4O. The summed E-state index contributed by atoms with van der Waals surface area (Å²) in [7, 11) is 1.88. The predicted molar refractivity (Wildman–Crippen MR) is 96.6 cm³/mol. The van der Waals surface area contributed by atoms with Crippen molar-refractivity contribution in [2.45, 2.75) is 50.6 Å². The van der Waals surface area contributed by atoms with Crippen molar-refractivity contribution >= 4 is 11.9 Å². The largest absolute Gasteiger partial charge is 0.370 e. The van der Waals surface area contributed by atoms with Gasteiger partial charge in [0, 0.05) is 32.0 Å². The average molecular weight is 328 g/mol. The number of aliphatic imine (C=N–C) groups is 1. The number of hydrogen-bond donors (Lipinski definition) is 2. The van der Waals surface area contributed by atoms with Crippen molar-refractivity contribution in [3.05, 3.63) is 35.9 Å². The lowest BCUT2D eigenvalue weighted by molar-refractivity contribution is -0.127. The summed E-state index contributed by atoms with van der Waals surface area (Å²) in [6, 6.07) is 10.8. The highest BCUT2D eigenvalue weighted by Gasteiger charge is 2.38. The van der Waals surface area contributed by atoms with Crippen LogP contribution in [0.4, 0.5) is 0 Å². The van der Waals surface area contributed by atoms with Gasteiger partial charge in [0.05, 0.1) is 6.04 Å². The van der Waals surface area contributed by atoms with E-state index in [0.717, 1.165) is 0 Å². The summed E-state index contributed by atoms with van der Waals surface area (Å²) in [4.78, 5) is 18.6. The van der Waals surface area contributed by atoms with E-state index in [1.807, 2.05) is 30.1 Å². The van der Waals surface area contributed by atoms with E-state index in [2.05, 4.69) is 22.4 Å². The SMILES string of the molecule is CN1C(=O)CC(CN=C(N)NC2CCCCC2)C1c1ccccc1. The number of carbonyl (C=O) groups excluding carboxylic acids is 1. The van der Waals surface area contributed by atoms with Gasteiger partial charge < -0.3 is 16.0 Å². The van der Waals surface area contributed by atoms with Crippen LogP contribution in [0.5, 0.6) is 0 Å². The Labute approximate surface area is 144 Å². The van der Waals surface area contributed by atoms with Crippen molar-refractivity contribution < 1.29 is 4.79 Å². The smallest absolute Gasteiger partial charge is 0.223 e. The lowest BCUT2D eigenvalue weighted by atomic mass is 9.94. The summed E-state index contributed by atoms with van der Waals surface area (Å²) in [5.74, 6) is 0.884. The molecule has 5 nitrogen and oxygen atoms in total. The second-order valence-electron chi connectivity index (χ2n) is 7.03. The van der Waals surface area contributed by atoms with Gasteiger partial charge in [-0.2, -0.15) is 0 Å². The lowest BCUT2D eigenvalue weighted by Crippen LogP contribution is -2.41. The molecule has 1 saturated carbocycles. The number of likely N-dealkylation sites (tertiary alicyclic amines) is 1. The van der Waals surface area contributed by atoms with Crippen molar-refractivity contribution in [3.63, 3.8) is 0 Å². The Balaban J connectivity index is 1.64. The molecule has 1 amide bonds. The maximum atomic E-state index is 12.2. The molecule has 1 aliphatic heterocycles. The van der Waals surface area contributed by atoms with Crippen molar-refractivity contribution in [2.75, 3.05) is 13.6 Å². The standard InChI is InChI=1S/C19H28N4O/c1-23-17(24)12-15(18(23)14-8-4-2-5-9-14)13-21-19(20)22-16-10-6-3-7-11-16/h2,4-5,8-9,15-16,18H,3,6-7,10-13H2,1H3,(H3,20,21,22). The number of guanidine groups is 1. The van der Waals surface area contributed by atoms with Crippen LogP contribution in [0, 0.1) is 5.92 Å². The summed E-state index contributed by atoms with van der Waals surface area (Å²) in [5, 5.41) is 3.35. The molecule has 24 heavy (non-hydrogen) atoms. The number of nitrogens with zero attached hydrogens (tertiary/aromatic N) is 2. The number of carbonyl (C=O) groups is 1. The van der Waals surface area contributed by atoms with E-state index in [1.165, 1.54) is 37.7 Å². The highest BCUT2D eigenvalue weighted by Crippen LogP contribution is 2.36. The van der Waals surface area contributed by atoms with Crippen molar-refractivity contribution in [1.29, 1.82) is 0 Å². The molecule has 2 aliphatic rings. The van der Waals surface area contributed by atoms with Crippen molar-refractivity contribution in [2.24, 2.45) is 16.6 Å². The molecule has 3 N–H and O–H groups in total. The summed E-state index contributed by atoms with van der Waals surface area (Å²) in [6.45, 7) is 0.585.